The van der Waals surface area contributed by atoms with Gasteiger partial charge in [0.25, 0.3) is 0 Å². The zero-order valence-electron chi connectivity index (χ0n) is 32.1. The third-order valence-electron chi connectivity index (χ3n) is 11.5. The minimum atomic E-state index is -0.0868. The highest BCUT2D eigenvalue weighted by Crippen LogP contribution is 2.50. The number of rotatable bonds is 5. The quantitative estimate of drug-likeness (QED) is 0.175. The molecule has 0 atom stereocenters. The Hall–Kier alpha value is -7.16. The first-order chi connectivity index (χ1) is 28.0. The molecule has 2 aliphatic rings. The molecule has 0 saturated heterocycles. The molecule has 272 valence electrons. The molecule has 0 fully saturated rings. The van der Waals surface area contributed by atoms with Gasteiger partial charge in [0.2, 0.25) is 0 Å². The summed E-state index contributed by atoms with van der Waals surface area (Å²) in [6, 6.07) is 60.7. The number of fused-ring (bicyclic) bond motifs is 8. The Kier molecular flexibility index (Phi) is 8.53. The van der Waals surface area contributed by atoms with Gasteiger partial charge >= 0.3 is 0 Å². The average Bonchev–Trinajstić information content (AvgIpc) is 3.74. The maximum Gasteiger partial charge on any atom is 0.143 e. The summed E-state index contributed by atoms with van der Waals surface area (Å²) in [4.78, 5) is 2.31. The van der Waals surface area contributed by atoms with Crippen LogP contribution in [0.3, 0.4) is 0 Å². The second kappa shape index (κ2) is 14.2. The second-order valence-electron chi connectivity index (χ2n) is 15.3. The fraction of sp³-hybridized carbons (Fsp3) is 0.0545. The van der Waals surface area contributed by atoms with Crippen molar-refractivity contribution in [2.45, 2.75) is 19.3 Å². The van der Waals surface area contributed by atoms with Crippen LogP contribution in [0.5, 0.6) is 0 Å². The SMILES string of the molecule is CC1(C)c2ccccc2-c2ccc(-c3cccc4c5c(oc34)-c3ccccc3\C=C/C(N(c3ccccc3)c3ccc(-c4ccccc4)cc3)=C\C=C\C=C5)cc21. The molecule has 0 spiro atoms. The van der Waals surface area contributed by atoms with E-state index in [1.54, 1.807) is 0 Å². The molecule has 0 unspecified atom stereocenters. The Morgan fingerprint density at radius 2 is 1.11 bits per heavy atom. The van der Waals surface area contributed by atoms with Crippen LogP contribution in [-0.2, 0) is 5.41 Å². The summed E-state index contributed by atoms with van der Waals surface area (Å²) >= 11 is 0. The normalized spacial score (nSPS) is 15.9. The summed E-state index contributed by atoms with van der Waals surface area (Å²) < 4.78 is 7.07. The van der Waals surface area contributed by atoms with Gasteiger partial charge < -0.3 is 9.32 Å². The molecule has 2 nitrogen and oxygen atoms in total. The van der Waals surface area contributed by atoms with E-state index in [1.165, 1.54) is 33.4 Å². The molecular weight excluding hydrogens is 691 g/mol. The number of benzene rings is 7. The predicted molar refractivity (Wildman–Crippen MR) is 240 cm³/mol. The van der Waals surface area contributed by atoms with Crippen molar-refractivity contribution < 1.29 is 4.42 Å². The molecule has 0 bridgehead atoms. The monoisotopic (exact) mass is 731 g/mol. The van der Waals surface area contributed by atoms with Crippen molar-refractivity contribution in [2.75, 3.05) is 4.90 Å². The molecule has 0 saturated carbocycles. The van der Waals surface area contributed by atoms with Crippen molar-refractivity contribution in [1.29, 1.82) is 0 Å². The van der Waals surface area contributed by atoms with E-state index in [9.17, 15) is 0 Å². The summed E-state index contributed by atoms with van der Waals surface area (Å²) in [7, 11) is 0. The number of anilines is 2. The lowest BCUT2D eigenvalue weighted by molar-refractivity contribution is 0.631. The summed E-state index contributed by atoms with van der Waals surface area (Å²) in [5.74, 6) is 0.860. The van der Waals surface area contributed by atoms with Crippen molar-refractivity contribution in [2.24, 2.45) is 0 Å². The molecule has 8 aromatic rings. The molecule has 0 N–H and O–H groups in total. The maximum absolute atomic E-state index is 7.07. The van der Waals surface area contributed by atoms with Crippen LogP contribution in [0.2, 0.25) is 0 Å². The van der Waals surface area contributed by atoms with Crippen molar-refractivity contribution in [3.05, 3.63) is 228 Å². The van der Waals surface area contributed by atoms with Crippen LogP contribution >= 0.6 is 0 Å². The molecule has 1 aromatic heterocycles. The highest BCUT2D eigenvalue weighted by Gasteiger charge is 2.35. The van der Waals surface area contributed by atoms with Gasteiger partial charge in [-0.3, -0.25) is 0 Å². The first-order valence-electron chi connectivity index (χ1n) is 19.7. The molecular formula is C55H41NO. The van der Waals surface area contributed by atoms with Gasteiger partial charge in [-0.25, -0.2) is 0 Å². The van der Waals surface area contributed by atoms with Crippen LogP contribution in [-0.4, -0.2) is 0 Å². The van der Waals surface area contributed by atoms with E-state index in [2.05, 4.69) is 231 Å². The number of allylic oxidation sites excluding steroid dienone is 5. The van der Waals surface area contributed by atoms with E-state index >= 15 is 0 Å². The molecule has 2 heteroatoms. The average molecular weight is 732 g/mol. The third-order valence-corrected chi connectivity index (χ3v) is 11.5. The van der Waals surface area contributed by atoms with Crippen molar-refractivity contribution in [3.8, 4) is 44.7 Å². The Morgan fingerprint density at radius 3 is 1.93 bits per heavy atom. The van der Waals surface area contributed by atoms with E-state index in [0.29, 0.717) is 0 Å². The minimum Gasteiger partial charge on any atom is -0.455 e. The number of furan rings is 1. The lowest BCUT2D eigenvalue weighted by atomic mass is 9.81. The largest absolute Gasteiger partial charge is 0.455 e. The topological polar surface area (TPSA) is 16.4 Å². The molecule has 7 aromatic carbocycles. The Morgan fingerprint density at radius 1 is 0.456 bits per heavy atom. The van der Waals surface area contributed by atoms with Gasteiger partial charge in [-0.1, -0.05) is 184 Å². The van der Waals surface area contributed by atoms with E-state index in [1.807, 2.05) is 0 Å². The van der Waals surface area contributed by atoms with Crippen molar-refractivity contribution in [3.63, 3.8) is 0 Å². The van der Waals surface area contributed by atoms with E-state index in [-0.39, 0.29) is 5.41 Å². The molecule has 0 amide bonds. The zero-order valence-corrected chi connectivity index (χ0v) is 32.1. The minimum absolute atomic E-state index is 0.0868. The Labute approximate surface area is 334 Å². The highest BCUT2D eigenvalue weighted by atomic mass is 16.3. The Balaban J connectivity index is 1.07. The Bertz CT molecular complexity index is 2900. The lowest BCUT2D eigenvalue weighted by Crippen LogP contribution is -2.15. The van der Waals surface area contributed by atoms with Gasteiger partial charge in [-0.2, -0.15) is 0 Å². The highest BCUT2D eigenvalue weighted by molar-refractivity contribution is 6.03. The molecule has 1 heterocycles. The lowest BCUT2D eigenvalue weighted by Gasteiger charge is -2.26. The van der Waals surface area contributed by atoms with Gasteiger partial charge in [0.15, 0.2) is 0 Å². The number of hydrogen-bond donors (Lipinski definition) is 0. The van der Waals surface area contributed by atoms with Crippen LogP contribution < -0.4 is 4.90 Å². The fourth-order valence-corrected chi connectivity index (χ4v) is 8.66. The van der Waals surface area contributed by atoms with Crippen LogP contribution in [0.15, 0.2) is 210 Å². The van der Waals surface area contributed by atoms with Gasteiger partial charge in [-0.05, 0) is 87.0 Å². The number of hydrogen-bond acceptors (Lipinski definition) is 2. The summed E-state index contributed by atoms with van der Waals surface area (Å²) in [5.41, 5.74) is 17.2. The fourth-order valence-electron chi connectivity index (χ4n) is 8.66. The molecule has 10 rings (SSSR count). The van der Waals surface area contributed by atoms with Crippen molar-refractivity contribution in [1.82, 2.24) is 0 Å². The van der Waals surface area contributed by atoms with E-state index < -0.39 is 0 Å². The van der Waals surface area contributed by atoms with Crippen LogP contribution in [0.1, 0.15) is 36.1 Å². The summed E-state index contributed by atoms with van der Waals surface area (Å²) in [6.45, 7) is 4.67. The third kappa shape index (κ3) is 6.07. The number of nitrogens with zero attached hydrogens (tertiary/aromatic N) is 1. The molecule has 2 aliphatic carbocycles. The molecule has 0 radical (unpaired) electrons. The maximum atomic E-state index is 7.07. The molecule has 57 heavy (non-hydrogen) atoms. The van der Waals surface area contributed by atoms with Crippen LogP contribution in [0.25, 0.3) is 67.8 Å². The standard InChI is InChI=1S/C55H41NO/c1-55(2)51-28-15-14-24-47(51)48-36-32-41(37-52(48)55)46-26-16-27-50-49-25-11-5-10-22-43(35-31-40-19-12-13-23-45(40)53(49)57-54(46)50)56(42-20-8-4-9-21-42)44-33-29-39(30-34-44)38-17-6-3-7-18-38/h3-37H,1-2H3/b10-5+,11-5?,22-10?,25-11?,35-31-,40-31?,43-22+,43-35?,49-25?,53-45?. The first kappa shape index (κ1) is 34.3. The van der Waals surface area contributed by atoms with E-state index in [4.69, 9.17) is 4.42 Å². The van der Waals surface area contributed by atoms with Crippen LogP contribution in [0.4, 0.5) is 11.4 Å². The van der Waals surface area contributed by atoms with Crippen molar-refractivity contribution >= 4 is 34.5 Å². The van der Waals surface area contributed by atoms with Crippen LogP contribution in [0, 0.1) is 0 Å². The van der Waals surface area contributed by atoms with E-state index in [0.717, 1.165) is 61.6 Å². The summed E-state index contributed by atoms with van der Waals surface area (Å²) in [6.07, 6.45) is 15.2. The zero-order chi connectivity index (χ0) is 38.3. The number of para-hydroxylation sites is 2. The van der Waals surface area contributed by atoms with Gasteiger partial charge in [0, 0.05) is 44.6 Å². The summed E-state index contributed by atoms with van der Waals surface area (Å²) in [5, 5.41) is 1.09. The predicted octanol–water partition coefficient (Wildman–Crippen LogP) is 15.1. The molecule has 0 aliphatic heterocycles. The van der Waals surface area contributed by atoms with Gasteiger partial charge in [0.05, 0.1) is 0 Å². The first-order valence-corrected chi connectivity index (χ1v) is 19.7. The van der Waals surface area contributed by atoms with Gasteiger partial charge in [-0.15, -0.1) is 0 Å². The smallest absolute Gasteiger partial charge is 0.143 e. The second-order valence-corrected chi connectivity index (χ2v) is 15.3. The van der Waals surface area contributed by atoms with Gasteiger partial charge in [0.1, 0.15) is 11.3 Å².